The van der Waals surface area contributed by atoms with E-state index in [0.29, 0.717) is 10.3 Å². The summed E-state index contributed by atoms with van der Waals surface area (Å²) < 4.78 is 15.8. The number of carboxylic acids is 1. The lowest BCUT2D eigenvalue weighted by Crippen LogP contribution is -2.07. The maximum Gasteiger partial charge on any atom is 0.375 e. The number of carbonyl (C=O) groups is 1. The smallest absolute Gasteiger partial charge is 0.375 e. The summed E-state index contributed by atoms with van der Waals surface area (Å²) in [5.41, 5.74) is 0.165. The van der Waals surface area contributed by atoms with Gasteiger partial charge in [-0.1, -0.05) is 29.8 Å². The molecule has 2 aromatic rings. The third-order valence-electron chi connectivity index (χ3n) is 2.48. The average Bonchev–Trinajstić information content (AvgIpc) is 2.77. The molecule has 0 spiro atoms. The predicted octanol–water partition coefficient (Wildman–Crippen LogP) is 2.99. The molecule has 1 N–H and O–H groups in total. The summed E-state index contributed by atoms with van der Waals surface area (Å²) in [4.78, 5) is 14.9. The van der Waals surface area contributed by atoms with Gasteiger partial charge in [-0.15, -0.1) is 5.10 Å². The number of benzene rings is 1. The highest BCUT2D eigenvalue weighted by Crippen LogP contribution is 2.23. The quantitative estimate of drug-likeness (QED) is 0.940. The van der Waals surface area contributed by atoms with E-state index < -0.39 is 11.8 Å². The minimum absolute atomic E-state index is 0.0843. The van der Waals surface area contributed by atoms with E-state index in [0.717, 1.165) is 0 Å². The standard InChI is InChI=1S/C12H11BrFN3O2/c1-6(2)11-15-10(12(18)19)16-17(11)9-5-7(13)3-4-8(9)14/h3-6H,1-2H3,(H,18,19). The van der Waals surface area contributed by atoms with E-state index in [9.17, 15) is 9.18 Å². The minimum atomic E-state index is -1.24. The first kappa shape index (κ1) is 13.7. The summed E-state index contributed by atoms with van der Waals surface area (Å²) in [6, 6.07) is 4.37. The Balaban J connectivity index is 2.66. The Labute approximate surface area is 117 Å². The van der Waals surface area contributed by atoms with E-state index in [2.05, 4.69) is 26.0 Å². The number of aromatic carboxylic acids is 1. The predicted molar refractivity (Wildman–Crippen MR) is 70.1 cm³/mol. The normalized spacial score (nSPS) is 11.0. The van der Waals surface area contributed by atoms with Crippen molar-refractivity contribution in [3.05, 3.63) is 40.1 Å². The Kier molecular flexibility index (Phi) is 3.66. The molecule has 0 fully saturated rings. The van der Waals surface area contributed by atoms with Crippen LogP contribution in [0.2, 0.25) is 0 Å². The van der Waals surface area contributed by atoms with E-state index in [1.54, 1.807) is 6.07 Å². The molecular formula is C12H11BrFN3O2. The molecule has 0 saturated heterocycles. The van der Waals surface area contributed by atoms with Crippen molar-refractivity contribution in [2.75, 3.05) is 0 Å². The first-order chi connectivity index (χ1) is 8.90. The second-order valence-corrected chi connectivity index (χ2v) is 5.18. The Morgan fingerprint density at radius 1 is 1.47 bits per heavy atom. The molecule has 0 aliphatic carbocycles. The molecule has 0 aliphatic rings. The molecule has 0 unspecified atom stereocenters. The third-order valence-corrected chi connectivity index (χ3v) is 2.97. The fraction of sp³-hybridized carbons (Fsp3) is 0.250. The fourth-order valence-electron chi connectivity index (χ4n) is 1.61. The summed E-state index contributed by atoms with van der Waals surface area (Å²) in [5.74, 6) is -1.76. The number of nitrogens with zero attached hydrogens (tertiary/aromatic N) is 3. The van der Waals surface area contributed by atoms with Crippen molar-refractivity contribution in [1.29, 1.82) is 0 Å². The van der Waals surface area contributed by atoms with Crippen LogP contribution in [0.1, 0.15) is 36.2 Å². The molecule has 5 nitrogen and oxygen atoms in total. The summed E-state index contributed by atoms with van der Waals surface area (Å²) in [6.07, 6.45) is 0. The average molecular weight is 328 g/mol. The summed E-state index contributed by atoms with van der Waals surface area (Å²) in [7, 11) is 0. The highest BCUT2D eigenvalue weighted by molar-refractivity contribution is 9.10. The van der Waals surface area contributed by atoms with E-state index in [1.807, 2.05) is 13.8 Å². The largest absolute Gasteiger partial charge is 0.475 e. The zero-order valence-electron chi connectivity index (χ0n) is 10.3. The molecule has 0 radical (unpaired) electrons. The highest BCUT2D eigenvalue weighted by atomic mass is 79.9. The molecule has 0 saturated carbocycles. The van der Waals surface area contributed by atoms with Gasteiger partial charge in [-0.25, -0.2) is 18.9 Å². The highest BCUT2D eigenvalue weighted by Gasteiger charge is 2.20. The Morgan fingerprint density at radius 2 is 2.16 bits per heavy atom. The molecular weight excluding hydrogens is 317 g/mol. The molecule has 0 atom stereocenters. The zero-order valence-corrected chi connectivity index (χ0v) is 11.8. The van der Waals surface area contributed by atoms with E-state index >= 15 is 0 Å². The van der Waals surface area contributed by atoms with Crippen molar-refractivity contribution in [2.45, 2.75) is 19.8 Å². The Morgan fingerprint density at radius 3 is 2.74 bits per heavy atom. The molecule has 0 bridgehead atoms. The molecule has 2 rings (SSSR count). The van der Waals surface area contributed by atoms with E-state index in [4.69, 9.17) is 5.11 Å². The van der Waals surface area contributed by atoms with Crippen molar-refractivity contribution in [3.63, 3.8) is 0 Å². The van der Waals surface area contributed by atoms with Crippen LogP contribution in [0.5, 0.6) is 0 Å². The van der Waals surface area contributed by atoms with Crippen molar-refractivity contribution < 1.29 is 14.3 Å². The maximum absolute atomic E-state index is 13.9. The van der Waals surface area contributed by atoms with Crippen LogP contribution in [-0.4, -0.2) is 25.8 Å². The van der Waals surface area contributed by atoms with Crippen LogP contribution in [-0.2, 0) is 0 Å². The first-order valence-electron chi connectivity index (χ1n) is 5.56. The molecule has 1 heterocycles. The lowest BCUT2D eigenvalue weighted by Gasteiger charge is -2.09. The minimum Gasteiger partial charge on any atom is -0.475 e. The van der Waals surface area contributed by atoms with Crippen LogP contribution >= 0.6 is 15.9 Å². The number of aromatic nitrogens is 3. The number of hydrogen-bond acceptors (Lipinski definition) is 3. The molecule has 7 heteroatoms. The van der Waals surface area contributed by atoms with Crippen molar-refractivity contribution in [2.24, 2.45) is 0 Å². The van der Waals surface area contributed by atoms with Crippen molar-refractivity contribution in [3.8, 4) is 5.69 Å². The van der Waals surface area contributed by atoms with E-state index in [-0.39, 0.29) is 17.4 Å². The second-order valence-electron chi connectivity index (χ2n) is 4.26. The van der Waals surface area contributed by atoms with E-state index in [1.165, 1.54) is 16.8 Å². The second kappa shape index (κ2) is 5.08. The maximum atomic E-state index is 13.9. The lowest BCUT2D eigenvalue weighted by atomic mass is 10.2. The van der Waals surface area contributed by atoms with Gasteiger partial charge in [-0.3, -0.25) is 0 Å². The monoisotopic (exact) mass is 327 g/mol. The Bertz CT molecular complexity index is 640. The van der Waals surface area contributed by atoms with Crippen molar-refractivity contribution >= 4 is 21.9 Å². The number of carboxylic acid groups (broad SMARTS) is 1. The van der Waals surface area contributed by atoms with Gasteiger partial charge < -0.3 is 5.11 Å². The topological polar surface area (TPSA) is 68.0 Å². The van der Waals surface area contributed by atoms with Crippen LogP contribution in [0.4, 0.5) is 4.39 Å². The van der Waals surface area contributed by atoms with Crippen molar-refractivity contribution in [1.82, 2.24) is 14.8 Å². The molecule has 0 aliphatic heterocycles. The summed E-state index contributed by atoms with van der Waals surface area (Å²) in [6.45, 7) is 3.67. The molecule has 100 valence electrons. The third kappa shape index (κ3) is 2.65. The number of hydrogen-bond donors (Lipinski definition) is 1. The van der Waals surface area contributed by atoms with Gasteiger partial charge in [0.25, 0.3) is 5.82 Å². The van der Waals surface area contributed by atoms with Crippen LogP contribution in [0.3, 0.4) is 0 Å². The first-order valence-corrected chi connectivity index (χ1v) is 6.35. The molecule has 1 aromatic carbocycles. The van der Waals surface area contributed by atoms with Crippen LogP contribution in [0.25, 0.3) is 5.69 Å². The van der Waals surface area contributed by atoms with Gasteiger partial charge in [-0.2, -0.15) is 0 Å². The van der Waals surface area contributed by atoms with Crippen LogP contribution in [0.15, 0.2) is 22.7 Å². The van der Waals surface area contributed by atoms with Crippen LogP contribution < -0.4 is 0 Å². The van der Waals surface area contributed by atoms with Gasteiger partial charge in [0.2, 0.25) is 0 Å². The summed E-state index contributed by atoms with van der Waals surface area (Å²) in [5, 5.41) is 12.8. The molecule has 0 amide bonds. The number of rotatable bonds is 3. The lowest BCUT2D eigenvalue weighted by molar-refractivity contribution is 0.0683. The fourth-order valence-corrected chi connectivity index (χ4v) is 1.96. The SMILES string of the molecule is CC(C)c1nc(C(=O)O)nn1-c1cc(Br)ccc1F. The zero-order chi connectivity index (χ0) is 14.2. The molecule has 1 aromatic heterocycles. The van der Waals surface area contributed by atoms with Gasteiger partial charge in [0.15, 0.2) is 0 Å². The van der Waals surface area contributed by atoms with Gasteiger partial charge in [0.05, 0.1) is 0 Å². The molecule has 19 heavy (non-hydrogen) atoms. The van der Waals surface area contributed by atoms with Crippen LogP contribution in [0, 0.1) is 5.82 Å². The summed E-state index contributed by atoms with van der Waals surface area (Å²) >= 11 is 3.25. The van der Waals surface area contributed by atoms with Gasteiger partial charge in [-0.05, 0) is 18.2 Å². The number of halogens is 2. The van der Waals surface area contributed by atoms with Gasteiger partial charge in [0.1, 0.15) is 17.3 Å². The van der Waals surface area contributed by atoms with Gasteiger partial charge >= 0.3 is 5.97 Å². The Hall–Kier alpha value is -1.76. The van der Waals surface area contributed by atoms with Gasteiger partial charge in [0, 0.05) is 10.4 Å².